The lowest BCUT2D eigenvalue weighted by atomic mass is 10.0. The topological polar surface area (TPSA) is 37.9 Å². The van der Waals surface area contributed by atoms with E-state index < -0.39 is 11.7 Å². The minimum Gasteiger partial charge on any atom is -0.476 e. The highest BCUT2D eigenvalue weighted by molar-refractivity contribution is 6.39. The van der Waals surface area contributed by atoms with Crippen molar-refractivity contribution in [1.29, 1.82) is 0 Å². The average Bonchev–Trinajstić information content (AvgIpc) is 2.70. The Kier molecular flexibility index (Phi) is 4.39. The van der Waals surface area contributed by atoms with E-state index >= 15 is 0 Å². The van der Waals surface area contributed by atoms with Crippen LogP contribution in [-0.4, -0.2) is 16.8 Å². The summed E-state index contributed by atoms with van der Waals surface area (Å²) in [7, 11) is 0. The molecular weight excluding hydrogens is 328 g/mol. The van der Waals surface area contributed by atoms with Crippen molar-refractivity contribution < 1.29 is 17.9 Å². The lowest BCUT2D eigenvalue weighted by Crippen LogP contribution is -2.05. The smallest absolute Gasteiger partial charge is 0.416 e. The Balaban J connectivity index is 2.63. The van der Waals surface area contributed by atoms with Crippen LogP contribution in [-0.2, 0) is 6.18 Å². The van der Waals surface area contributed by atoms with E-state index in [1.165, 1.54) is 0 Å². The molecule has 114 valence electrons. The third-order valence-electron chi connectivity index (χ3n) is 2.81. The van der Waals surface area contributed by atoms with Crippen LogP contribution in [0, 0.1) is 6.92 Å². The van der Waals surface area contributed by atoms with Crippen molar-refractivity contribution in [2.24, 2.45) is 0 Å². The second-order valence-electron chi connectivity index (χ2n) is 4.27. The van der Waals surface area contributed by atoms with Crippen molar-refractivity contribution in [3.05, 3.63) is 33.4 Å². The Hall–Kier alpha value is -1.40. The molecule has 3 nitrogen and oxygen atoms in total. The first-order valence-electron chi connectivity index (χ1n) is 6.00. The highest BCUT2D eigenvalue weighted by atomic mass is 35.5. The molecule has 0 aliphatic rings. The molecule has 0 aliphatic heterocycles. The third kappa shape index (κ3) is 3.11. The van der Waals surface area contributed by atoms with Gasteiger partial charge in [0.15, 0.2) is 0 Å². The van der Waals surface area contributed by atoms with E-state index in [-0.39, 0.29) is 21.5 Å². The molecule has 8 heteroatoms. The second kappa shape index (κ2) is 5.77. The number of rotatable bonds is 3. The number of nitrogens with one attached hydrogen (secondary N) is 1. The fraction of sp³-hybridized carbons (Fsp3) is 0.308. The zero-order chi connectivity index (χ0) is 15.8. The minimum atomic E-state index is -4.51. The second-order valence-corrected chi connectivity index (χ2v) is 5.09. The zero-order valence-corrected chi connectivity index (χ0v) is 12.6. The molecule has 0 saturated carbocycles. The van der Waals surface area contributed by atoms with Gasteiger partial charge in [-0.2, -0.15) is 13.2 Å². The first-order chi connectivity index (χ1) is 9.75. The van der Waals surface area contributed by atoms with E-state index in [0.717, 1.165) is 12.1 Å². The number of ether oxygens (including phenoxy) is 1. The summed E-state index contributed by atoms with van der Waals surface area (Å²) in [5.74, 6) is 0.249. The van der Waals surface area contributed by atoms with Crippen molar-refractivity contribution in [3.63, 3.8) is 0 Å². The van der Waals surface area contributed by atoms with Gasteiger partial charge < -0.3 is 4.74 Å². The molecule has 0 amide bonds. The maximum absolute atomic E-state index is 12.7. The van der Waals surface area contributed by atoms with Crippen molar-refractivity contribution in [2.75, 3.05) is 6.61 Å². The van der Waals surface area contributed by atoms with E-state index in [0.29, 0.717) is 17.9 Å². The van der Waals surface area contributed by atoms with Gasteiger partial charge in [-0.3, -0.25) is 5.10 Å². The Labute approximate surface area is 129 Å². The van der Waals surface area contributed by atoms with Gasteiger partial charge in [0.25, 0.3) is 0 Å². The molecular formula is C13H11Cl2F3N2O. The van der Waals surface area contributed by atoms with E-state index in [9.17, 15) is 13.2 Å². The van der Waals surface area contributed by atoms with Gasteiger partial charge in [0.05, 0.1) is 27.8 Å². The highest BCUT2D eigenvalue weighted by Gasteiger charge is 2.32. The standard InChI is InChI=1S/C13H11Cl2F3N2O/c1-3-21-12-10(6(2)19-20-12)11-8(14)4-7(5-9(11)15)13(16,17)18/h4-5H,3H2,1-2H3,(H,19,20). The van der Waals surface area contributed by atoms with Gasteiger partial charge in [-0.05, 0) is 26.0 Å². The van der Waals surface area contributed by atoms with Gasteiger partial charge in [-0.1, -0.05) is 23.2 Å². The minimum absolute atomic E-state index is 0.111. The number of aryl methyl sites for hydroxylation is 1. The summed E-state index contributed by atoms with van der Waals surface area (Å²) >= 11 is 12.0. The molecule has 1 aromatic carbocycles. The molecule has 0 atom stereocenters. The van der Waals surface area contributed by atoms with Crippen LogP contribution in [0.15, 0.2) is 12.1 Å². The Bertz CT molecular complexity index is 645. The number of hydrogen-bond acceptors (Lipinski definition) is 2. The number of aromatic amines is 1. The predicted octanol–water partition coefficient (Wildman–Crippen LogP) is 5.11. The lowest BCUT2D eigenvalue weighted by Gasteiger charge is -2.13. The fourth-order valence-corrected chi connectivity index (χ4v) is 2.59. The molecule has 0 unspecified atom stereocenters. The first-order valence-corrected chi connectivity index (χ1v) is 6.75. The number of nitrogens with zero attached hydrogens (tertiary/aromatic N) is 1. The number of alkyl halides is 3. The Morgan fingerprint density at radius 3 is 2.24 bits per heavy atom. The summed E-state index contributed by atoms with van der Waals surface area (Å²) in [6, 6.07) is 1.68. The van der Waals surface area contributed by atoms with Crippen LogP contribution in [0.3, 0.4) is 0 Å². The van der Waals surface area contributed by atoms with Crippen molar-refractivity contribution in [3.8, 4) is 17.0 Å². The van der Waals surface area contributed by atoms with Gasteiger partial charge >= 0.3 is 6.18 Å². The monoisotopic (exact) mass is 338 g/mol. The molecule has 21 heavy (non-hydrogen) atoms. The van der Waals surface area contributed by atoms with E-state index in [2.05, 4.69) is 10.2 Å². The Morgan fingerprint density at radius 2 is 1.76 bits per heavy atom. The van der Waals surface area contributed by atoms with Crippen LogP contribution in [0.4, 0.5) is 13.2 Å². The fourth-order valence-electron chi connectivity index (χ4n) is 1.92. The van der Waals surface area contributed by atoms with E-state index in [1.807, 2.05) is 0 Å². The number of aromatic nitrogens is 2. The third-order valence-corrected chi connectivity index (χ3v) is 3.41. The summed E-state index contributed by atoms with van der Waals surface area (Å²) in [6.45, 7) is 3.83. The summed E-state index contributed by atoms with van der Waals surface area (Å²) < 4.78 is 43.6. The van der Waals surface area contributed by atoms with E-state index in [4.69, 9.17) is 27.9 Å². The molecule has 2 rings (SSSR count). The first kappa shape index (κ1) is 16.0. The molecule has 1 aromatic heterocycles. The highest BCUT2D eigenvalue weighted by Crippen LogP contribution is 2.44. The molecule has 0 radical (unpaired) electrons. The number of H-pyrrole nitrogens is 1. The maximum Gasteiger partial charge on any atom is 0.416 e. The number of benzene rings is 1. The Morgan fingerprint density at radius 1 is 1.19 bits per heavy atom. The van der Waals surface area contributed by atoms with Crippen LogP contribution in [0.25, 0.3) is 11.1 Å². The van der Waals surface area contributed by atoms with Gasteiger partial charge in [0.1, 0.15) is 0 Å². The quantitative estimate of drug-likeness (QED) is 0.844. The summed E-state index contributed by atoms with van der Waals surface area (Å²) in [5, 5.41) is 6.43. The molecule has 1 N–H and O–H groups in total. The normalized spacial score (nSPS) is 11.8. The van der Waals surface area contributed by atoms with Gasteiger partial charge in [0, 0.05) is 11.3 Å². The maximum atomic E-state index is 12.7. The largest absolute Gasteiger partial charge is 0.476 e. The van der Waals surface area contributed by atoms with Gasteiger partial charge in [0.2, 0.25) is 5.88 Å². The summed E-state index contributed by atoms with van der Waals surface area (Å²) in [4.78, 5) is 0. The van der Waals surface area contributed by atoms with Crippen molar-refractivity contribution in [1.82, 2.24) is 10.2 Å². The number of hydrogen-bond donors (Lipinski definition) is 1. The van der Waals surface area contributed by atoms with E-state index in [1.54, 1.807) is 13.8 Å². The van der Waals surface area contributed by atoms with Crippen LogP contribution < -0.4 is 4.74 Å². The molecule has 0 spiro atoms. The van der Waals surface area contributed by atoms with Crippen molar-refractivity contribution >= 4 is 23.2 Å². The molecule has 2 aromatic rings. The summed E-state index contributed by atoms with van der Waals surface area (Å²) in [5.41, 5.74) is 0.420. The lowest BCUT2D eigenvalue weighted by molar-refractivity contribution is -0.137. The average molecular weight is 339 g/mol. The molecule has 1 heterocycles. The molecule has 0 aliphatic carbocycles. The van der Waals surface area contributed by atoms with Crippen molar-refractivity contribution in [2.45, 2.75) is 20.0 Å². The molecule has 0 fully saturated rings. The van der Waals surface area contributed by atoms with Crippen LogP contribution in [0.1, 0.15) is 18.2 Å². The van der Waals surface area contributed by atoms with Crippen LogP contribution >= 0.6 is 23.2 Å². The molecule has 0 bridgehead atoms. The SMILES string of the molecule is CCOc1n[nH]c(C)c1-c1c(Cl)cc(C(F)(F)F)cc1Cl. The van der Waals surface area contributed by atoms with Gasteiger partial charge in [-0.15, -0.1) is 5.10 Å². The predicted molar refractivity (Wildman–Crippen MR) is 75.0 cm³/mol. The summed E-state index contributed by atoms with van der Waals surface area (Å²) in [6.07, 6.45) is -4.51. The number of halogens is 5. The van der Waals surface area contributed by atoms with Crippen LogP contribution in [0.2, 0.25) is 10.0 Å². The molecule has 0 saturated heterocycles. The zero-order valence-electron chi connectivity index (χ0n) is 11.1. The van der Waals surface area contributed by atoms with Gasteiger partial charge in [-0.25, -0.2) is 0 Å². The van der Waals surface area contributed by atoms with Crippen LogP contribution in [0.5, 0.6) is 5.88 Å².